The summed E-state index contributed by atoms with van der Waals surface area (Å²) in [4.78, 5) is 32.9. The Morgan fingerprint density at radius 3 is 2.58 bits per heavy atom. The Hall–Kier alpha value is -3.32. The molecule has 3 aromatic rings. The van der Waals surface area contributed by atoms with Crippen molar-refractivity contribution in [1.82, 2.24) is 24.9 Å². The molecule has 11 nitrogen and oxygen atoms in total. The molecule has 12 heteroatoms. The molecule has 210 valence electrons. The summed E-state index contributed by atoms with van der Waals surface area (Å²) in [7, 11) is 0. The Kier molecular flexibility index (Phi) is 7.58. The second-order valence-corrected chi connectivity index (χ2v) is 11.4. The lowest BCUT2D eigenvalue weighted by Crippen LogP contribution is -2.56. The van der Waals surface area contributed by atoms with Gasteiger partial charge in [0.1, 0.15) is 6.04 Å². The lowest BCUT2D eigenvalue weighted by molar-refractivity contribution is -0.140. The van der Waals surface area contributed by atoms with Gasteiger partial charge in [-0.2, -0.15) is 11.8 Å². The van der Waals surface area contributed by atoms with Crippen LogP contribution >= 0.6 is 11.8 Å². The predicted molar refractivity (Wildman–Crippen MR) is 153 cm³/mol. The average Bonchev–Trinajstić information content (AvgIpc) is 3.31. The average molecular weight is 564 g/mol. The molecule has 1 atom stereocenters. The van der Waals surface area contributed by atoms with Crippen molar-refractivity contribution in [2.24, 2.45) is 0 Å². The molecule has 0 bridgehead atoms. The first-order valence-corrected chi connectivity index (χ1v) is 14.8. The van der Waals surface area contributed by atoms with Crippen molar-refractivity contribution in [1.29, 1.82) is 0 Å². The molecule has 40 heavy (non-hydrogen) atoms. The molecule has 0 amide bonds. The predicted octanol–water partition coefficient (Wildman–Crippen LogP) is 2.92. The molecule has 0 saturated carbocycles. The minimum absolute atomic E-state index is 0.135. The van der Waals surface area contributed by atoms with Gasteiger partial charge in [-0.1, -0.05) is 6.07 Å². The van der Waals surface area contributed by atoms with Crippen molar-refractivity contribution in [3.63, 3.8) is 0 Å². The standard InChI is InChI=1S/C28H33N7O4S/c1-19-5-7-29-25(32-19)20-14-30-27(31-15-20)34-16-28(17-39-18-28)22-4-3-21(13-24(22)34)35(33-8-10-38-11-9-33)23(26(36)37)6-12-40-2/h3-5,7,13-15,23H,6,8-12,16-18H2,1-2H3,(H,36,37)/t23-/m0/s1. The molecule has 3 aliphatic heterocycles. The minimum atomic E-state index is -0.834. The van der Waals surface area contributed by atoms with Gasteiger partial charge in [0.25, 0.3) is 0 Å². The number of rotatable bonds is 9. The number of ether oxygens (including phenoxy) is 2. The molecule has 3 aliphatic rings. The number of hydrogen-bond acceptors (Lipinski definition) is 11. The summed E-state index contributed by atoms with van der Waals surface area (Å²) in [6.07, 6.45) is 7.77. The van der Waals surface area contributed by atoms with E-state index in [1.165, 1.54) is 5.56 Å². The van der Waals surface area contributed by atoms with E-state index < -0.39 is 12.0 Å². The van der Waals surface area contributed by atoms with Crippen molar-refractivity contribution in [2.45, 2.75) is 24.8 Å². The number of morpholine rings is 1. The highest BCUT2D eigenvalue weighted by Gasteiger charge is 2.50. The van der Waals surface area contributed by atoms with Gasteiger partial charge in [0.2, 0.25) is 5.95 Å². The zero-order valence-electron chi connectivity index (χ0n) is 22.7. The van der Waals surface area contributed by atoms with Crippen LogP contribution in [0.15, 0.2) is 42.9 Å². The summed E-state index contributed by atoms with van der Waals surface area (Å²) in [5.41, 5.74) is 4.48. The molecule has 1 aromatic carbocycles. The SMILES string of the molecule is CSCC[C@@H](C(=O)O)N(c1ccc2c(c1)N(c1ncc(-c3nccc(C)n3)cn1)CC21COC1)N1CCOCC1. The Balaban J connectivity index is 1.38. The Bertz CT molecular complexity index is 1370. The maximum atomic E-state index is 12.5. The highest BCUT2D eigenvalue weighted by atomic mass is 32.2. The number of thioether (sulfide) groups is 1. The van der Waals surface area contributed by atoms with E-state index in [4.69, 9.17) is 19.4 Å². The lowest BCUT2D eigenvalue weighted by Gasteiger charge is -2.42. The fourth-order valence-corrected chi connectivity index (χ4v) is 6.09. The molecule has 5 heterocycles. The number of nitrogens with zero attached hydrogens (tertiary/aromatic N) is 7. The topological polar surface area (TPSA) is 117 Å². The number of aliphatic carboxylic acids is 1. The van der Waals surface area contributed by atoms with Crippen molar-refractivity contribution >= 4 is 35.1 Å². The van der Waals surface area contributed by atoms with E-state index in [9.17, 15) is 9.90 Å². The van der Waals surface area contributed by atoms with Crippen molar-refractivity contribution in [3.8, 4) is 11.4 Å². The summed E-state index contributed by atoms with van der Waals surface area (Å²) < 4.78 is 11.3. The number of benzene rings is 1. The summed E-state index contributed by atoms with van der Waals surface area (Å²) in [5.74, 6) is 1.08. The van der Waals surface area contributed by atoms with Crippen molar-refractivity contribution in [3.05, 3.63) is 54.1 Å². The smallest absolute Gasteiger partial charge is 0.327 e. The molecular formula is C28H33N7O4S. The van der Waals surface area contributed by atoms with Crippen LogP contribution in [0.3, 0.4) is 0 Å². The molecule has 1 N–H and O–H groups in total. The van der Waals surface area contributed by atoms with Crippen LogP contribution in [0.5, 0.6) is 0 Å². The summed E-state index contributed by atoms with van der Waals surface area (Å²) in [6.45, 7) is 6.27. The number of carbonyl (C=O) groups is 1. The third kappa shape index (κ3) is 5.00. The largest absolute Gasteiger partial charge is 0.480 e. The molecule has 6 rings (SSSR count). The van der Waals surface area contributed by atoms with Crippen LogP contribution in [-0.4, -0.2) is 100 Å². The van der Waals surface area contributed by atoms with Gasteiger partial charge in [-0.3, -0.25) is 5.01 Å². The van der Waals surface area contributed by atoms with Crippen molar-refractivity contribution in [2.75, 3.05) is 68.0 Å². The van der Waals surface area contributed by atoms with E-state index in [-0.39, 0.29) is 5.41 Å². The van der Waals surface area contributed by atoms with Crippen LogP contribution in [-0.2, 0) is 19.7 Å². The highest BCUT2D eigenvalue weighted by Crippen LogP contribution is 2.49. The Labute approximate surface area is 237 Å². The summed E-state index contributed by atoms with van der Waals surface area (Å²) in [6, 6.07) is 7.43. The molecule has 2 saturated heterocycles. The second-order valence-electron chi connectivity index (χ2n) is 10.4. The maximum absolute atomic E-state index is 12.5. The molecule has 0 unspecified atom stereocenters. The van der Waals surface area contributed by atoms with Gasteiger partial charge in [0.05, 0.1) is 43.1 Å². The number of carboxylic acids is 1. The molecule has 0 aliphatic carbocycles. The Morgan fingerprint density at radius 2 is 1.93 bits per heavy atom. The number of aryl methyl sites for hydroxylation is 1. The number of fused-ring (bicyclic) bond motifs is 2. The van der Waals surface area contributed by atoms with Gasteiger partial charge in [-0.25, -0.2) is 29.7 Å². The number of anilines is 3. The van der Waals surface area contributed by atoms with E-state index in [1.54, 1.807) is 30.4 Å². The summed E-state index contributed by atoms with van der Waals surface area (Å²) >= 11 is 1.65. The van der Waals surface area contributed by atoms with Crippen molar-refractivity contribution < 1.29 is 19.4 Å². The van der Waals surface area contributed by atoms with Gasteiger partial charge in [-0.05, 0) is 49.1 Å². The van der Waals surface area contributed by atoms with E-state index in [0.717, 1.165) is 28.4 Å². The first kappa shape index (κ1) is 26.9. The number of hydrogen-bond donors (Lipinski definition) is 1. The number of aromatic nitrogens is 4. The van der Waals surface area contributed by atoms with Gasteiger partial charge in [-0.15, -0.1) is 0 Å². The van der Waals surface area contributed by atoms with Crippen LogP contribution in [0.2, 0.25) is 0 Å². The van der Waals surface area contributed by atoms with Gasteiger partial charge < -0.3 is 19.5 Å². The van der Waals surface area contributed by atoms with Crippen LogP contribution in [0.1, 0.15) is 17.7 Å². The number of hydrazine groups is 1. The molecular weight excluding hydrogens is 530 g/mol. The van der Waals surface area contributed by atoms with E-state index in [1.807, 2.05) is 30.3 Å². The second kappa shape index (κ2) is 11.3. The normalized spacial score (nSPS) is 18.8. The Morgan fingerprint density at radius 1 is 1.15 bits per heavy atom. The maximum Gasteiger partial charge on any atom is 0.327 e. The third-order valence-corrected chi connectivity index (χ3v) is 8.37. The van der Waals surface area contributed by atoms with E-state index >= 15 is 0 Å². The lowest BCUT2D eigenvalue weighted by atomic mass is 9.80. The first-order valence-electron chi connectivity index (χ1n) is 13.4. The van der Waals surface area contributed by atoms with Gasteiger partial charge >= 0.3 is 5.97 Å². The van der Waals surface area contributed by atoms with Crippen LogP contribution in [0.25, 0.3) is 11.4 Å². The third-order valence-electron chi connectivity index (χ3n) is 7.73. The summed E-state index contributed by atoms with van der Waals surface area (Å²) in [5, 5.41) is 14.4. The van der Waals surface area contributed by atoms with Crippen LogP contribution in [0.4, 0.5) is 17.3 Å². The van der Waals surface area contributed by atoms with Crippen LogP contribution in [0, 0.1) is 6.92 Å². The van der Waals surface area contributed by atoms with Crippen LogP contribution < -0.4 is 9.91 Å². The quantitative estimate of drug-likeness (QED) is 0.413. The first-order chi connectivity index (χ1) is 19.5. The fraction of sp³-hybridized carbons (Fsp3) is 0.464. The molecule has 1 spiro atoms. The fourth-order valence-electron chi connectivity index (χ4n) is 5.63. The zero-order valence-corrected chi connectivity index (χ0v) is 23.5. The monoisotopic (exact) mass is 563 g/mol. The van der Waals surface area contributed by atoms with Gasteiger partial charge in [0.15, 0.2) is 5.82 Å². The number of carboxylic acid groups (broad SMARTS) is 1. The van der Waals surface area contributed by atoms with Gasteiger partial charge in [0, 0.05) is 49.6 Å². The minimum Gasteiger partial charge on any atom is -0.480 e. The molecule has 2 fully saturated rings. The molecule has 2 aromatic heterocycles. The highest BCUT2D eigenvalue weighted by molar-refractivity contribution is 7.98. The van der Waals surface area contributed by atoms with E-state index in [0.29, 0.717) is 64.3 Å². The molecule has 0 radical (unpaired) electrons. The van der Waals surface area contributed by atoms with E-state index in [2.05, 4.69) is 32.0 Å². The zero-order chi connectivity index (χ0) is 27.7.